The van der Waals surface area contributed by atoms with Crippen molar-refractivity contribution in [3.63, 3.8) is 0 Å². The van der Waals surface area contributed by atoms with Crippen LogP contribution >= 0.6 is 0 Å². The maximum Gasteiger partial charge on any atom is 0.254 e. The Labute approximate surface area is 127 Å². The third kappa shape index (κ3) is 4.24. The summed E-state index contributed by atoms with van der Waals surface area (Å²) in [5, 5.41) is 12.5. The predicted molar refractivity (Wildman–Crippen MR) is 83.3 cm³/mol. The van der Waals surface area contributed by atoms with Crippen LogP contribution in [0.5, 0.6) is 0 Å². The largest absolute Gasteiger partial charge is 0.396 e. The zero-order valence-corrected chi connectivity index (χ0v) is 13.7. The molecule has 0 aromatic carbocycles. The molecule has 5 nitrogen and oxygen atoms in total. The molecular formula is C16H27N3O2. The molecule has 5 heteroatoms. The molecule has 0 bridgehead atoms. The Morgan fingerprint density at radius 1 is 1.38 bits per heavy atom. The van der Waals surface area contributed by atoms with E-state index in [9.17, 15) is 9.90 Å². The van der Waals surface area contributed by atoms with Gasteiger partial charge in [-0.25, -0.2) is 9.97 Å². The molecule has 1 aromatic heterocycles. The van der Waals surface area contributed by atoms with Crippen LogP contribution in [0, 0.1) is 12.3 Å². The number of hydrogen-bond acceptors (Lipinski definition) is 4. The van der Waals surface area contributed by atoms with Crippen molar-refractivity contribution in [3.05, 3.63) is 23.3 Å². The average molecular weight is 293 g/mol. The van der Waals surface area contributed by atoms with E-state index in [1.54, 1.807) is 6.20 Å². The highest BCUT2D eigenvalue weighted by Gasteiger charge is 2.26. The number of carbonyl (C=O) groups excluding carboxylic acids is 1. The number of nitrogens with zero attached hydrogens (tertiary/aromatic N) is 2. The summed E-state index contributed by atoms with van der Waals surface area (Å²) in [6, 6.07) is 0. The van der Waals surface area contributed by atoms with Gasteiger partial charge in [0, 0.05) is 18.2 Å². The number of rotatable bonds is 7. The van der Waals surface area contributed by atoms with Crippen LogP contribution in [-0.4, -0.2) is 34.1 Å². The minimum Gasteiger partial charge on any atom is -0.396 e. The van der Waals surface area contributed by atoms with Crippen LogP contribution < -0.4 is 5.32 Å². The number of aliphatic hydroxyl groups excluding tert-OH is 1. The summed E-state index contributed by atoms with van der Waals surface area (Å²) >= 11 is 0. The number of hydrogen-bond donors (Lipinski definition) is 2. The smallest absolute Gasteiger partial charge is 0.254 e. The second kappa shape index (κ2) is 7.50. The van der Waals surface area contributed by atoms with Crippen molar-refractivity contribution in [1.29, 1.82) is 0 Å². The second-order valence-electron chi connectivity index (χ2n) is 5.92. The first-order valence-corrected chi connectivity index (χ1v) is 7.61. The zero-order chi connectivity index (χ0) is 16.0. The fourth-order valence-electron chi connectivity index (χ4n) is 2.25. The Bertz CT molecular complexity index is 474. The van der Waals surface area contributed by atoms with Gasteiger partial charge in [-0.3, -0.25) is 4.79 Å². The van der Waals surface area contributed by atoms with Crippen molar-refractivity contribution in [2.75, 3.05) is 13.2 Å². The summed E-state index contributed by atoms with van der Waals surface area (Å²) in [4.78, 5) is 20.9. The van der Waals surface area contributed by atoms with E-state index in [0.29, 0.717) is 17.9 Å². The fraction of sp³-hybridized carbons (Fsp3) is 0.688. The minimum absolute atomic E-state index is 0.0711. The standard InChI is InChI=1S/C16H27N3O2/c1-6-16(7-2,10-20)9-18-15(21)13-8-17-12(5)19-14(13)11(3)4/h8,11,20H,6-7,9-10H2,1-5H3,(H,18,21). The van der Waals surface area contributed by atoms with E-state index in [1.807, 2.05) is 34.6 Å². The molecule has 0 unspecified atom stereocenters. The summed E-state index contributed by atoms with van der Waals surface area (Å²) in [5.74, 6) is 0.660. The Balaban J connectivity index is 2.90. The van der Waals surface area contributed by atoms with E-state index in [0.717, 1.165) is 18.5 Å². The van der Waals surface area contributed by atoms with E-state index < -0.39 is 0 Å². The molecule has 0 fully saturated rings. The molecule has 0 aliphatic rings. The Kier molecular flexibility index (Phi) is 6.27. The molecular weight excluding hydrogens is 266 g/mol. The zero-order valence-electron chi connectivity index (χ0n) is 13.7. The maximum atomic E-state index is 12.4. The van der Waals surface area contributed by atoms with Gasteiger partial charge in [-0.05, 0) is 25.7 Å². The van der Waals surface area contributed by atoms with Crippen molar-refractivity contribution >= 4 is 5.91 Å². The van der Waals surface area contributed by atoms with Gasteiger partial charge in [0.15, 0.2) is 0 Å². The lowest BCUT2D eigenvalue weighted by atomic mass is 9.83. The van der Waals surface area contributed by atoms with Gasteiger partial charge in [-0.1, -0.05) is 27.7 Å². The lowest BCUT2D eigenvalue weighted by Gasteiger charge is -2.29. The highest BCUT2D eigenvalue weighted by Crippen LogP contribution is 2.25. The number of nitrogens with one attached hydrogen (secondary N) is 1. The molecule has 118 valence electrons. The van der Waals surface area contributed by atoms with E-state index in [2.05, 4.69) is 15.3 Å². The van der Waals surface area contributed by atoms with Gasteiger partial charge < -0.3 is 10.4 Å². The van der Waals surface area contributed by atoms with Crippen molar-refractivity contribution in [2.45, 2.75) is 53.4 Å². The van der Waals surface area contributed by atoms with Gasteiger partial charge in [-0.2, -0.15) is 0 Å². The third-order valence-corrected chi connectivity index (χ3v) is 4.19. The van der Waals surface area contributed by atoms with E-state index in [-0.39, 0.29) is 23.8 Å². The van der Waals surface area contributed by atoms with Crippen LogP contribution in [0.3, 0.4) is 0 Å². The topological polar surface area (TPSA) is 75.1 Å². The molecule has 0 radical (unpaired) electrons. The van der Waals surface area contributed by atoms with Gasteiger partial charge in [0.2, 0.25) is 0 Å². The van der Waals surface area contributed by atoms with Crippen LogP contribution in [0.1, 0.15) is 68.3 Å². The summed E-state index contributed by atoms with van der Waals surface area (Å²) in [6.07, 6.45) is 3.23. The van der Waals surface area contributed by atoms with Crippen molar-refractivity contribution in [2.24, 2.45) is 5.41 Å². The lowest BCUT2D eigenvalue weighted by Crippen LogP contribution is -2.39. The van der Waals surface area contributed by atoms with Crippen LogP contribution in [0.2, 0.25) is 0 Å². The Morgan fingerprint density at radius 3 is 2.48 bits per heavy atom. The van der Waals surface area contributed by atoms with Crippen LogP contribution in [0.15, 0.2) is 6.20 Å². The average Bonchev–Trinajstić information content (AvgIpc) is 2.48. The van der Waals surface area contributed by atoms with Crippen LogP contribution in [0.25, 0.3) is 0 Å². The lowest BCUT2D eigenvalue weighted by molar-refractivity contribution is 0.0849. The molecule has 1 heterocycles. The van der Waals surface area contributed by atoms with E-state index in [1.165, 1.54) is 0 Å². The molecule has 21 heavy (non-hydrogen) atoms. The molecule has 0 atom stereocenters. The molecule has 0 saturated heterocycles. The monoisotopic (exact) mass is 293 g/mol. The summed E-state index contributed by atoms with van der Waals surface area (Å²) in [5.41, 5.74) is 1.04. The fourth-order valence-corrected chi connectivity index (χ4v) is 2.25. The van der Waals surface area contributed by atoms with Gasteiger partial charge in [0.1, 0.15) is 5.82 Å². The highest BCUT2D eigenvalue weighted by atomic mass is 16.3. The number of aryl methyl sites for hydroxylation is 1. The number of aliphatic hydroxyl groups is 1. The number of amides is 1. The molecule has 0 spiro atoms. The van der Waals surface area contributed by atoms with Crippen LogP contribution in [-0.2, 0) is 0 Å². The quantitative estimate of drug-likeness (QED) is 0.809. The van der Waals surface area contributed by atoms with Crippen LogP contribution in [0.4, 0.5) is 0 Å². The molecule has 1 aromatic rings. The van der Waals surface area contributed by atoms with Gasteiger partial charge in [-0.15, -0.1) is 0 Å². The maximum absolute atomic E-state index is 12.4. The van der Waals surface area contributed by atoms with Gasteiger partial charge in [0.05, 0.1) is 17.9 Å². The summed E-state index contributed by atoms with van der Waals surface area (Å²) < 4.78 is 0. The highest BCUT2D eigenvalue weighted by molar-refractivity contribution is 5.95. The van der Waals surface area contributed by atoms with Gasteiger partial charge in [0.25, 0.3) is 5.91 Å². The predicted octanol–water partition coefficient (Wildman–Crippen LogP) is 2.44. The second-order valence-corrected chi connectivity index (χ2v) is 5.92. The molecule has 1 amide bonds. The Hall–Kier alpha value is -1.49. The minimum atomic E-state index is -0.251. The molecule has 1 rings (SSSR count). The molecule has 0 saturated carbocycles. The third-order valence-electron chi connectivity index (χ3n) is 4.19. The van der Waals surface area contributed by atoms with Crippen molar-refractivity contribution in [1.82, 2.24) is 15.3 Å². The van der Waals surface area contributed by atoms with Crippen molar-refractivity contribution in [3.8, 4) is 0 Å². The number of aromatic nitrogens is 2. The number of carbonyl (C=O) groups is 1. The SMILES string of the molecule is CCC(CC)(CO)CNC(=O)c1cnc(C)nc1C(C)C. The molecule has 0 aliphatic carbocycles. The van der Waals surface area contributed by atoms with E-state index >= 15 is 0 Å². The first kappa shape index (κ1) is 17.6. The summed E-state index contributed by atoms with van der Waals surface area (Å²) in [7, 11) is 0. The Morgan fingerprint density at radius 2 is 2.00 bits per heavy atom. The van der Waals surface area contributed by atoms with E-state index in [4.69, 9.17) is 0 Å². The molecule has 2 N–H and O–H groups in total. The van der Waals surface area contributed by atoms with Gasteiger partial charge >= 0.3 is 0 Å². The first-order chi connectivity index (χ1) is 9.89. The first-order valence-electron chi connectivity index (χ1n) is 7.61. The molecule has 0 aliphatic heterocycles. The van der Waals surface area contributed by atoms with Crippen molar-refractivity contribution < 1.29 is 9.90 Å². The normalized spacial score (nSPS) is 11.8. The summed E-state index contributed by atoms with van der Waals surface area (Å²) in [6.45, 7) is 10.4.